The second kappa shape index (κ2) is 7.41. The highest BCUT2D eigenvalue weighted by molar-refractivity contribution is 9.10. The molecule has 0 heterocycles. The van der Waals surface area contributed by atoms with E-state index in [-0.39, 0.29) is 5.82 Å². The molecule has 90 valence electrons. The van der Waals surface area contributed by atoms with Crippen LogP contribution < -0.4 is 5.32 Å². The Morgan fingerprint density at radius 2 is 2.19 bits per heavy atom. The number of hydrogen-bond acceptors (Lipinski definition) is 1. The fraction of sp³-hybridized carbons (Fsp3) is 0.500. The second-order valence-corrected chi connectivity index (χ2v) is 5.41. The first-order valence-electron chi connectivity index (χ1n) is 5.40. The fourth-order valence-electron chi connectivity index (χ4n) is 1.52. The van der Waals surface area contributed by atoms with Crippen molar-refractivity contribution in [3.63, 3.8) is 0 Å². The van der Waals surface area contributed by atoms with Gasteiger partial charge in [0.15, 0.2) is 0 Å². The Bertz CT molecular complexity index is 331. The molecular formula is C12H16Br2FN. The van der Waals surface area contributed by atoms with Crippen molar-refractivity contribution in [2.75, 3.05) is 5.33 Å². The Morgan fingerprint density at radius 1 is 1.44 bits per heavy atom. The predicted octanol–water partition coefficient (Wildman–Crippen LogP) is 4.24. The zero-order valence-electron chi connectivity index (χ0n) is 9.27. The summed E-state index contributed by atoms with van der Waals surface area (Å²) in [5.41, 5.74) is 0.711. The molecule has 0 aliphatic heterocycles. The molecule has 1 rings (SSSR count). The maximum atomic E-state index is 13.4. The number of benzene rings is 1. The summed E-state index contributed by atoms with van der Waals surface area (Å²) in [6.07, 6.45) is 2.12. The van der Waals surface area contributed by atoms with Crippen LogP contribution in [-0.2, 0) is 6.54 Å². The highest BCUT2D eigenvalue weighted by Gasteiger charge is 2.07. The number of alkyl halides is 1. The summed E-state index contributed by atoms with van der Waals surface area (Å²) in [7, 11) is 0. The summed E-state index contributed by atoms with van der Waals surface area (Å²) in [4.78, 5) is 0. The van der Waals surface area contributed by atoms with Gasteiger partial charge in [-0.05, 0) is 31.0 Å². The lowest BCUT2D eigenvalue weighted by atomic mass is 10.1. The van der Waals surface area contributed by atoms with Crippen LogP contribution in [0.2, 0.25) is 0 Å². The normalized spacial score (nSPS) is 12.8. The van der Waals surface area contributed by atoms with Crippen LogP contribution in [0.4, 0.5) is 4.39 Å². The van der Waals surface area contributed by atoms with E-state index in [9.17, 15) is 4.39 Å². The third kappa shape index (κ3) is 4.52. The van der Waals surface area contributed by atoms with Gasteiger partial charge >= 0.3 is 0 Å². The lowest BCUT2D eigenvalue weighted by Gasteiger charge is -2.16. The van der Waals surface area contributed by atoms with E-state index in [4.69, 9.17) is 0 Å². The topological polar surface area (TPSA) is 12.0 Å². The van der Waals surface area contributed by atoms with Gasteiger partial charge in [0.05, 0.1) is 0 Å². The number of nitrogens with one attached hydrogen (secondary N) is 1. The smallest absolute Gasteiger partial charge is 0.127 e. The third-order valence-corrected chi connectivity index (χ3v) is 3.49. The van der Waals surface area contributed by atoms with Gasteiger partial charge < -0.3 is 5.32 Å². The van der Waals surface area contributed by atoms with E-state index < -0.39 is 0 Å². The summed E-state index contributed by atoms with van der Waals surface area (Å²) in [6, 6.07) is 5.47. The molecule has 0 aliphatic carbocycles. The van der Waals surface area contributed by atoms with Gasteiger partial charge in [0.2, 0.25) is 0 Å². The Labute approximate surface area is 113 Å². The molecule has 0 saturated heterocycles. The molecule has 0 radical (unpaired) electrons. The Hall–Kier alpha value is 0.0700. The average Bonchev–Trinajstić information content (AvgIpc) is 2.28. The SMILES string of the molecule is CCC(CCBr)NCc1cc(Br)ccc1F. The number of hydrogen-bond donors (Lipinski definition) is 1. The zero-order valence-corrected chi connectivity index (χ0v) is 12.4. The van der Waals surface area contributed by atoms with Gasteiger partial charge in [0.25, 0.3) is 0 Å². The van der Waals surface area contributed by atoms with Gasteiger partial charge in [-0.15, -0.1) is 0 Å². The Morgan fingerprint density at radius 3 is 2.81 bits per heavy atom. The first-order valence-corrected chi connectivity index (χ1v) is 7.32. The minimum absolute atomic E-state index is 0.149. The molecule has 0 fully saturated rings. The first-order chi connectivity index (χ1) is 7.67. The van der Waals surface area contributed by atoms with E-state index in [1.807, 2.05) is 6.07 Å². The molecule has 16 heavy (non-hydrogen) atoms. The minimum atomic E-state index is -0.149. The highest BCUT2D eigenvalue weighted by Crippen LogP contribution is 2.15. The van der Waals surface area contributed by atoms with E-state index in [0.29, 0.717) is 18.2 Å². The van der Waals surface area contributed by atoms with E-state index in [1.165, 1.54) is 6.07 Å². The van der Waals surface area contributed by atoms with Crippen molar-refractivity contribution in [1.82, 2.24) is 5.32 Å². The summed E-state index contributed by atoms with van der Waals surface area (Å²) >= 11 is 6.77. The molecule has 1 N–H and O–H groups in total. The van der Waals surface area contributed by atoms with Crippen molar-refractivity contribution in [3.8, 4) is 0 Å². The molecule has 4 heteroatoms. The van der Waals surface area contributed by atoms with Gasteiger partial charge in [-0.1, -0.05) is 38.8 Å². The minimum Gasteiger partial charge on any atom is -0.310 e. The van der Waals surface area contributed by atoms with Gasteiger partial charge in [0, 0.05) is 28.0 Å². The number of halogens is 3. The van der Waals surface area contributed by atoms with Gasteiger partial charge in [0.1, 0.15) is 5.82 Å². The summed E-state index contributed by atoms with van der Waals surface area (Å²) in [6.45, 7) is 2.72. The van der Waals surface area contributed by atoms with Crippen molar-refractivity contribution < 1.29 is 4.39 Å². The molecule has 1 aromatic rings. The Balaban J connectivity index is 2.55. The lowest BCUT2D eigenvalue weighted by Crippen LogP contribution is -2.28. The fourth-order valence-corrected chi connectivity index (χ4v) is 2.48. The summed E-state index contributed by atoms with van der Waals surface area (Å²) < 4.78 is 14.4. The van der Waals surface area contributed by atoms with Crippen molar-refractivity contribution in [3.05, 3.63) is 34.1 Å². The van der Waals surface area contributed by atoms with E-state index in [2.05, 4.69) is 44.1 Å². The maximum Gasteiger partial charge on any atom is 0.127 e. The van der Waals surface area contributed by atoms with Gasteiger partial charge in [-0.3, -0.25) is 0 Å². The average molecular weight is 353 g/mol. The van der Waals surface area contributed by atoms with Crippen LogP contribution in [0.5, 0.6) is 0 Å². The van der Waals surface area contributed by atoms with Gasteiger partial charge in [-0.2, -0.15) is 0 Å². The molecule has 0 saturated carbocycles. The molecule has 1 nitrogen and oxygen atoms in total. The van der Waals surface area contributed by atoms with Crippen molar-refractivity contribution >= 4 is 31.9 Å². The van der Waals surface area contributed by atoms with E-state index in [1.54, 1.807) is 6.07 Å². The van der Waals surface area contributed by atoms with Crippen molar-refractivity contribution in [2.24, 2.45) is 0 Å². The van der Waals surface area contributed by atoms with E-state index >= 15 is 0 Å². The molecule has 0 aromatic heterocycles. The lowest BCUT2D eigenvalue weighted by molar-refractivity contribution is 0.478. The molecule has 0 bridgehead atoms. The Kier molecular flexibility index (Phi) is 6.54. The molecule has 0 aliphatic rings. The van der Waals surface area contributed by atoms with Crippen LogP contribution in [0, 0.1) is 5.82 Å². The molecule has 1 atom stereocenters. The van der Waals surface area contributed by atoms with Crippen molar-refractivity contribution in [1.29, 1.82) is 0 Å². The van der Waals surface area contributed by atoms with Crippen LogP contribution in [0.3, 0.4) is 0 Å². The van der Waals surface area contributed by atoms with Crippen LogP contribution in [0.15, 0.2) is 22.7 Å². The first kappa shape index (κ1) is 14.1. The largest absolute Gasteiger partial charge is 0.310 e. The zero-order chi connectivity index (χ0) is 12.0. The van der Waals surface area contributed by atoms with Crippen LogP contribution in [-0.4, -0.2) is 11.4 Å². The summed E-state index contributed by atoms with van der Waals surface area (Å²) in [5.74, 6) is -0.149. The van der Waals surface area contributed by atoms with E-state index in [0.717, 1.165) is 22.6 Å². The van der Waals surface area contributed by atoms with Crippen LogP contribution in [0.1, 0.15) is 25.3 Å². The quantitative estimate of drug-likeness (QED) is 0.755. The summed E-state index contributed by atoms with van der Waals surface area (Å²) in [5, 5.41) is 4.34. The van der Waals surface area contributed by atoms with Crippen LogP contribution >= 0.6 is 31.9 Å². The van der Waals surface area contributed by atoms with Crippen molar-refractivity contribution in [2.45, 2.75) is 32.4 Å². The third-order valence-electron chi connectivity index (χ3n) is 2.54. The molecular weight excluding hydrogens is 337 g/mol. The second-order valence-electron chi connectivity index (χ2n) is 3.70. The monoisotopic (exact) mass is 351 g/mol. The predicted molar refractivity (Wildman–Crippen MR) is 73.4 cm³/mol. The molecule has 1 aromatic carbocycles. The standard InChI is InChI=1S/C12H16Br2FN/c1-2-11(5-6-13)16-8-9-7-10(14)3-4-12(9)15/h3-4,7,11,16H,2,5-6,8H2,1H3. The highest BCUT2D eigenvalue weighted by atomic mass is 79.9. The number of rotatable bonds is 6. The van der Waals surface area contributed by atoms with Gasteiger partial charge in [-0.25, -0.2) is 4.39 Å². The molecule has 0 spiro atoms. The molecule has 1 unspecified atom stereocenters. The van der Waals surface area contributed by atoms with Crippen LogP contribution in [0.25, 0.3) is 0 Å². The molecule has 0 amide bonds. The maximum absolute atomic E-state index is 13.4.